The lowest BCUT2D eigenvalue weighted by Gasteiger charge is -2.32. The Morgan fingerprint density at radius 1 is 0.636 bits per heavy atom. The van der Waals surface area contributed by atoms with E-state index >= 15 is 0 Å². The average molecular weight is 446 g/mol. The van der Waals surface area contributed by atoms with Crippen molar-refractivity contribution in [2.45, 2.75) is 77.8 Å². The van der Waals surface area contributed by atoms with Crippen LogP contribution in [0.25, 0.3) is 16.6 Å². The molecule has 0 unspecified atom stereocenters. The lowest BCUT2D eigenvalue weighted by atomic mass is 9.79. The Morgan fingerprint density at radius 3 is 1.61 bits per heavy atom. The molecule has 0 saturated carbocycles. The SMILES string of the molecule is CC1(C)OB(c2ccc(-n3cc4cc(B5OC(C)(C)C(C)(C)O5)ccc4n3)cc2)OC1(C)C. The zero-order valence-electron chi connectivity index (χ0n) is 20.8. The summed E-state index contributed by atoms with van der Waals surface area (Å²) in [7, 11) is -0.759. The minimum Gasteiger partial charge on any atom is -0.399 e. The van der Waals surface area contributed by atoms with E-state index in [4.69, 9.17) is 23.7 Å². The van der Waals surface area contributed by atoms with Gasteiger partial charge in [0.1, 0.15) is 0 Å². The zero-order chi connectivity index (χ0) is 23.8. The average Bonchev–Trinajstić information content (AvgIpc) is 3.31. The zero-order valence-corrected chi connectivity index (χ0v) is 20.8. The summed E-state index contributed by atoms with van der Waals surface area (Å²) in [5.74, 6) is 0. The molecule has 33 heavy (non-hydrogen) atoms. The molecule has 0 spiro atoms. The van der Waals surface area contributed by atoms with Crippen molar-refractivity contribution in [1.82, 2.24) is 9.78 Å². The molecule has 0 amide bonds. The lowest BCUT2D eigenvalue weighted by molar-refractivity contribution is 0.00578. The number of nitrogens with zero attached hydrogens (tertiary/aromatic N) is 2. The minimum absolute atomic E-state index is 0.356. The van der Waals surface area contributed by atoms with Gasteiger partial charge in [-0.25, -0.2) is 4.68 Å². The summed E-state index contributed by atoms with van der Waals surface area (Å²) in [5, 5.41) is 5.79. The topological polar surface area (TPSA) is 54.7 Å². The lowest BCUT2D eigenvalue weighted by Crippen LogP contribution is -2.41. The van der Waals surface area contributed by atoms with Crippen LogP contribution in [-0.2, 0) is 18.6 Å². The molecule has 3 aromatic rings. The number of hydrogen-bond acceptors (Lipinski definition) is 5. The Morgan fingerprint density at radius 2 is 1.09 bits per heavy atom. The van der Waals surface area contributed by atoms with E-state index < -0.39 is 0 Å². The molecule has 2 saturated heterocycles. The summed E-state index contributed by atoms with van der Waals surface area (Å²) >= 11 is 0. The second-order valence-corrected chi connectivity index (χ2v) is 11.2. The molecule has 0 radical (unpaired) electrons. The van der Waals surface area contributed by atoms with Gasteiger partial charge in [-0.1, -0.05) is 24.3 Å². The monoisotopic (exact) mass is 446 g/mol. The molecule has 2 aliphatic heterocycles. The second kappa shape index (κ2) is 7.19. The minimum atomic E-state index is -0.387. The summed E-state index contributed by atoms with van der Waals surface area (Å²) in [5.41, 5.74) is 2.45. The van der Waals surface area contributed by atoms with Crippen LogP contribution in [0, 0.1) is 0 Å². The van der Waals surface area contributed by atoms with Gasteiger partial charge in [-0.15, -0.1) is 0 Å². The molecule has 2 fully saturated rings. The summed E-state index contributed by atoms with van der Waals surface area (Å²) in [6.07, 6.45) is 2.04. The van der Waals surface area contributed by atoms with Gasteiger partial charge in [0.25, 0.3) is 0 Å². The highest BCUT2D eigenvalue weighted by molar-refractivity contribution is 6.62. The van der Waals surface area contributed by atoms with Crippen molar-refractivity contribution >= 4 is 36.1 Å². The van der Waals surface area contributed by atoms with Gasteiger partial charge in [0.15, 0.2) is 0 Å². The van der Waals surface area contributed by atoms with Crippen LogP contribution in [0.15, 0.2) is 48.7 Å². The number of hydrogen-bond donors (Lipinski definition) is 0. The van der Waals surface area contributed by atoms with Crippen molar-refractivity contribution in [2.75, 3.05) is 0 Å². The van der Waals surface area contributed by atoms with Crippen molar-refractivity contribution in [2.24, 2.45) is 0 Å². The Labute approximate surface area is 196 Å². The largest absolute Gasteiger partial charge is 0.494 e. The van der Waals surface area contributed by atoms with E-state index in [2.05, 4.69) is 61.5 Å². The number of benzene rings is 2. The van der Waals surface area contributed by atoms with Gasteiger partial charge in [-0.05, 0) is 84.5 Å². The maximum absolute atomic E-state index is 6.21. The third-order valence-corrected chi connectivity index (χ3v) is 7.74. The molecule has 2 aliphatic rings. The molecule has 2 aromatic carbocycles. The first-order valence-corrected chi connectivity index (χ1v) is 11.6. The molecule has 8 heteroatoms. The van der Waals surface area contributed by atoms with Crippen LogP contribution in [0.4, 0.5) is 0 Å². The summed E-state index contributed by atoms with van der Waals surface area (Å²) < 4.78 is 26.6. The predicted molar refractivity (Wildman–Crippen MR) is 133 cm³/mol. The van der Waals surface area contributed by atoms with Crippen molar-refractivity contribution in [1.29, 1.82) is 0 Å². The molecule has 0 aliphatic carbocycles. The fourth-order valence-electron chi connectivity index (χ4n) is 4.07. The summed E-state index contributed by atoms with van der Waals surface area (Å²) in [4.78, 5) is 0. The molecule has 172 valence electrons. The Balaban J connectivity index is 1.38. The van der Waals surface area contributed by atoms with Gasteiger partial charge >= 0.3 is 14.2 Å². The van der Waals surface area contributed by atoms with Gasteiger partial charge in [-0.2, -0.15) is 5.10 Å². The fraction of sp³-hybridized carbons (Fsp3) is 0.480. The van der Waals surface area contributed by atoms with E-state index in [1.165, 1.54) is 0 Å². The van der Waals surface area contributed by atoms with E-state index in [-0.39, 0.29) is 36.6 Å². The molecule has 3 heterocycles. The van der Waals surface area contributed by atoms with E-state index in [0.29, 0.717) is 0 Å². The maximum atomic E-state index is 6.21. The Kier molecular flexibility index (Phi) is 4.94. The second-order valence-electron chi connectivity index (χ2n) is 11.2. The normalized spacial score (nSPS) is 22.9. The molecular weight excluding hydrogens is 414 g/mol. The molecular formula is C25H32B2N2O4. The molecule has 0 bridgehead atoms. The van der Waals surface area contributed by atoms with Crippen LogP contribution in [0.3, 0.4) is 0 Å². The van der Waals surface area contributed by atoms with Gasteiger partial charge in [-0.3, -0.25) is 0 Å². The van der Waals surface area contributed by atoms with Gasteiger partial charge in [0.2, 0.25) is 0 Å². The van der Waals surface area contributed by atoms with E-state index in [1.54, 1.807) is 0 Å². The molecule has 6 nitrogen and oxygen atoms in total. The highest BCUT2D eigenvalue weighted by Gasteiger charge is 2.52. The molecule has 5 rings (SSSR count). The standard InChI is InChI=1S/C25H32B2N2O4/c1-22(2)23(3,4)31-26(30-22)18-9-12-20(13-10-18)29-16-17-15-19(11-14-21(17)28-29)27-32-24(5,6)25(7,8)33-27/h9-16H,1-8H3. The summed E-state index contributed by atoms with van der Waals surface area (Å²) in [6.45, 7) is 16.5. The first-order valence-electron chi connectivity index (χ1n) is 11.6. The smallest absolute Gasteiger partial charge is 0.399 e. The number of rotatable bonds is 3. The highest BCUT2D eigenvalue weighted by Crippen LogP contribution is 2.37. The quantitative estimate of drug-likeness (QED) is 0.576. The third kappa shape index (κ3) is 3.73. The van der Waals surface area contributed by atoms with E-state index in [0.717, 1.165) is 27.5 Å². The maximum Gasteiger partial charge on any atom is 0.494 e. The van der Waals surface area contributed by atoms with Crippen LogP contribution in [0.2, 0.25) is 0 Å². The van der Waals surface area contributed by atoms with Crippen molar-refractivity contribution in [3.8, 4) is 5.69 Å². The molecule has 0 N–H and O–H groups in total. The van der Waals surface area contributed by atoms with Crippen LogP contribution in [0.5, 0.6) is 0 Å². The van der Waals surface area contributed by atoms with E-state index in [1.807, 2.05) is 47.3 Å². The number of aromatic nitrogens is 2. The highest BCUT2D eigenvalue weighted by atomic mass is 16.7. The van der Waals surface area contributed by atoms with Crippen molar-refractivity contribution < 1.29 is 18.6 Å². The van der Waals surface area contributed by atoms with Crippen molar-refractivity contribution in [3.05, 3.63) is 48.7 Å². The predicted octanol–water partition coefficient (Wildman–Crippen LogP) is 3.62. The number of fused-ring (bicyclic) bond motifs is 1. The fourth-order valence-corrected chi connectivity index (χ4v) is 4.07. The van der Waals surface area contributed by atoms with Gasteiger partial charge in [0.05, 0.1) is 33.6 Å². The third-order valence-electron chi connectivity index (χ3n) is 7.74. The van der Waals surface area contributed by atoms with E-state index in [9.17, 15) is 0 Å². The van der Waals surface area contributed by atoms with Crippen LogP contribution < -0.4 is 10.9 Å². The van der Waals surface area contributed by atoms with Gasteiger partial charge < -0.3 is 18.6 Å². The van der Waals surface area contributed by atoms with Crippen LogP contribution in [-0.4, -0.2) is 46.4 Å². The van der Waals surface area contributed by atoms with Gasteiger partial charge in [0, 0.05) is 11.6 Å². The van der Waals surface area contributed by atoms with Crippen molar-refractivity contribution in [3.63, 3.8) is 0 Å². The first kappa shape index (κ1) is 22.7. The summed E-state index contributed by atoms with van der Waals surface area (Å²) in [6, 6.07) is 14.3. The Bertz CT molecular complexity index is 1170. The molecule has 0 atom stereocenters. The Hall–Kier alpha value is -2.12. The van der Waals surface area contributed by atoms with Crippen LogP contribution >= 0.6 is 0 Å². The molecule has 1 aromatic heterocycles. The van der Waals surface area contributed by atoms with Crippen LogP contribution in [0.1, 0.15) is 55.4 Å². The first-order chi connectivity index (χ1) is 15.3.